The summed E-state index contributed by atoms with van der Waals surface area (Å²) in [5.74, 6) is 0.750. The molecule has 1 heterocycles. The van der Waals surface area contributed by atoms with Crippen molar-refractivity contribution in [3.8, 4) is 5.75 Å². The largest absolute Gasteiger partial charge is 0.491 e. The summed E-state index contributed by atoms with van der Waals surface area (Å²) in [6.45, 7) is 0.430. The first kappa shape index (κ1) is 18.0. The monoisotopic (exact) mass is 367 g/mol. The zero-order valence-corrected chi connectivity index (χ0v) is 15.3. The van der Waals surface area contributed by atoms with E-state index in [4.69, 9.17) is 9.47 Å². The molecule has 0 unspecified atom stereocenters. The Balaban J connectivity index is 1.28. The van der Waals surface area contributed by atoms with E-state index in [9.17, 15) is 9.90 Å². The molecular formula is C22H25NO4. The van der Waals surface area contributed by atoms with Crippen LogP contribution in [0.15, 0.2) is 42.5 Å². The van der Waals surface area contributed by atoms with Crippen molar-refractivity contribution in [1.82, 2.24) is 0 Å². The lowest BCUT2D eigenvalue weighted by atomic mass is 9.89. The molecule has 0 saturated carbocycles. The van der Waals surface area contributed by atoms with Gasteiger partial charge < -0.3 is 19.9 Å². The molecule has 142 valence electrons. The number of nitrogens with one attached hydrogen (secondary N) is 1. The van der Waals surface area contributed by atoms with Crippen LogP contribution >= 0.6 is 0 Å². The van der Waals surface area contributed by atoms with Gasteiger partial charge in [0.1, 0.15) is 18.5 Å². The molecule has 0 fully saturated rings. The summed E-state index contributed by atoms with van der Waals surface area (Å²) >= 11 is 0. The Bertz CT molecular complexity index is 820. The van der Waals surface area contributed by atoms with Gasteiger partial charge in [-0.1, -0.05) is 24.3 Å². The lowest BCUT2D eigenvalue weighted by Crippen LogP contribution is -2.26. The average molecular weight is 367 g/mol. The number of ether oxygens (including phenoxy) is 2. The SMILES string of the molecule is O=C1CCc2cc(OC[C@@H](O)CO[C@H]3CCCc4ccccc43)ccc2N1. The third-order valence-corrected chi connectivity index (χ3v) is 5.22. The van der Waals surface area contributed by atoms with Crippen LogP contribution in [0.25, 0.3) is 0 Å². The van der Waals surface area contributed by atoms with Crippen LogP contribution in [0.3, 0.4) is 0 Å². The van der Waals surface area contributed by atoms with Gasteiger partial charge in [0.05, 0.1) is 12.7 Å². The van der Waals surface area contributed by atoms with Crippen LogP contribution in [0.1, 0.15) is 42.1 Å². The van der Waals surface area contributed by atoms with Crippen molar-refractivity contribution in [2.45, 2.75) is 44.3 Å². The van der Waals surface area contributed by atoms with E-state index in [1.54, 1.807) is 0 Å². The first-order valence-electron chi connectivity index (χ1n) is 9.62. The normalized spacial score (nSPS) is 19.6. The highest BCUT2D eigenvalue weighted by Crippen LogP contribution is 2.32. The van der Waals surface area contributed by atoms with Crippen LogP contribution in [0.4, 0.5) is 5.69 Å². The number of aliphatic hydroxyl groups is 1. The number of aliphatic hydroxyl groups excluding tert-OH is 1. The number of hydrogen-bond acceptors (Lipinski definition) is 4. The van der Waals surface area contributed by atoms with E-state index in [1.165, 1.54) is 11.1 Å². The maximum Gasteiger partial charge on any atom is 0.224 e. The van der Waals surface area contributed by atoms with E-state index in [2.05, 4.69) is 23.5 Å². The molecule has 0 bridgehead atoms. The molecule has 2 N–H and O–H groups in total. The Hall–Kier alpha value is -2.37. The highest BCUT2D eigenvalue weighted by Gasteiger charge is 2.21. The van der Waals surface area contributed by atoms with Gasteiger partial charge in [-0.05, 0) is 60.6 Å². The molecule has 1 aliphatic heterocycles. The predicted molar refractivity (Wildman–Crippen MR) is 103 cm³/mol. The zero-order valence-electron chi connectivity index (χ0n) is 15.3. The minimum Gasteiger partial charge on any atom is -0.491 e. The van der Waals surface area contributed by atoms with Crippen molar-refractivity contribution in [3.05, 3.63) is 59.2 Å². The van der Waals surface area contributed by atoms with Crippen molar-refractivity contribution in [2.75, 3.05) is 18.5 Å². The minimum absolute atomic E-state index is 0.0491. The molecule has 2 aromatic rings. The van der Waals surface area contributed by atoms with Crippen LogP contribution in [-0.2, 0) is 22.4 Å². The van der Waals surface area contributed by atoms with Gasteiger partial charge in [-0.25, -0.2) is 0 Å². The number of benzene rings is 2. The molecule has 0 aromatic heterocycles. The number of carbonyl (C=O) groups excluding carboxylic acids is 1. The maximum absolute atomic E-state index is 11.4. The van der Waals surface area contributed by atoms with Gasteiger partial charge >= 0.3 is 0 Å². The zero-order chi connectivity index (χ0) is 18.6. The topological polar surface area (TPSA) is 67.8 Å². The number of amides is 1. The fourth-order valence-electron chi connectivity index (χ4n) is 3.80. The van der Waals surface area contributed by atoms with Gasteiger partial charge in [-0.2, -0.15) is 0 Å². The Morgan fingerprint density at radius 2 is 1.96 bits per heavy atom. The third-order valence-electron chi connectivity index (χ3n) is 5.22. The quantitative estimate of drug-likeness (QED) is 0.821. The Kier molecular flexibility index (Phi) is 5.41. The summed E-state index contributed by atoms with van der Waals surface area (Å²) in [6.07, 6.45) is 3.77. The van der Waals surface area contributed by atoms with E-state index >= 15 is 0 Å². The van der Waals surface area contributed by atoms with Crippen LogP contribution in [0.2, 0.25) is 0 Å². The summed E-state index contributed by atoms with van der Waals surface area (Å²) in [5.41, 5.74) is 4.50. The molecule has 5 nitrogen and oxygen atoms in total. The molecule has 0 radical (unpaired) electrons. The maximum atomic E-state index is 11.4. The van der Waals surface area contributed by atoms with Crippen LogP contribution < -0.4 is 10.1 Å². The van der Waals surface area contributed by atoms with E-state index < -0.39 is 6.10 Å². The molecule has 2 aliphatic rings. The second kappa shape index (κ2) is 8.11. The summed E-state index contributed by atoms with van der Waals surface area (Å²) in [4.78, 5) is 11.4. The second-order valence-corrected chi connectivity index (χ2v) is 7.24. The molecule has 27 heavy (non-hydrogen) atoms. The molecule has 0 saturated heterocycles. The summed E-state index contributed by atoms with van der Waals surface area (Å²) in [7, 11) is 0. The molecular weight excluding hydrogens is 342 g/mol. The lowest BCUT2D eigenvalue weighted by molar-refractivity contribution is -0.116. The third kappa shape index (κ3) is 4.31. The fourth-order valence-corrected chi connectivity index (χ4v) is 3.80. The molecule has 1 amide bonds. The minimum atomic E-state index is -0.685. The highest BCUT2D eigenvalue weighted by atomic mass is 16.5. The van der Waals surface area contributed by atoms with Crippen molar-refractivity contribution in [2.24, 2.45) is 0 Å². The number of fused-ring (bicyclic) bond motifs is 2. The van der Waals surface area contributed by atoms with Gasteiger partial charge in [0.15, 0.2) is 0 Å². The van der Waals surface area contributed by atoms with E-state index in [0.717, 1.165) is 30.5 Å². The molecule has 2 aromatic carbocycles. The summed E-state index contributed by atoms with van der Waals surface area (Å²) < 4.78 is 11.7. The fraction of sp³-hybridized carbons (Fsp3) is 0.409. The number of anilines is 1. The van der Waals surface area contributed by atoms with Crippen LogP contribution in [0, 0.1) is 0 Å². The Morgan fingerprint density at radius 3 is 2.89 bits per heavy atom. The van der Waals surface area contributed by atoms with E-state index in [-0.39, 0.29) is 25.2 Å². The van der Waals surface area contributed by atoms with E-state index in [0.29, 0.717) is 18.6 Å². The Morgan fingerprint density at radius 1 is 1.07 bits per heavy atom. The molecule has 4 rings (SSSR count). The van der Waals surface area contributed by atoms with Crippen molar-refractivity contribution < 1.29 is 19.4 Å². The lowest BCUT2D eigenvalue weighted by Gasteiger charge is -2.26. The summed E-state index contributed by atoms with van der Waals surface area (Å²) in [6, 6.07) is 14.0. The molecule has 5 heteroatoms. The van der Waals surface area contributed by atoms with Gasteiger partial charge in [0.25, 0.3) is 0 Å². The van der Waals surface area contributed by atoms with Gasteiger partial charge in [-0.15, -0.1) is 0 Å². The number of aryl methyl sites for hydroxylation is 2. The van der Waals surface area contributed by atoms with Crippen molar-refractivity contribution in [1.29, 1.82) is 0 Å². The van der Waals surface area contributed by atoms with Gasteiger partial charge in [0, 0.05) is 12.1 Å². The molecule has 0 spiro atoms. The van der Waals surface area contributed by atoms with Crippen LogP contribution in [-0.4, -0.2) is 30.3 Å². The highest BCUT2D eigenvalue weighted by molar-refractivity contribution is 5.93. The van der Waals surface area contributed by atoms with Gasteiger partial charge in [-0.3, -0.25) is 4.79 Å². The van der Waals surface area contributed by atoms with Crippen LogP contribution in [0.5, 0.6) is 5.75 Å². The first-order valence-corrected chi connectivity index (χ1v) is 9.62. The number of carbonyl (C=O) groups is 1. The number of hydrogen-bond donors (Lipinski definition) is 2. The average Bonchev–Trinajstić information content (AvgIpc) is 2.70. The van der Waals surface area contributed by atoms with Crippen molar-refractivity contribution in [3.63, 3.8) is 0 Å². The van der Waals surface area contributed by atoms with Gasteiger partial charge in [0.2, 0.25) is 5.91 Å². The second-order valence-electron chi connectivity index (χ2n) is 7.24. The molecule has 1 aliphatic carbocycles. The smallest absolute Gasteiger partial charge is 0.224 e. The van der Waals surface area contributed by atoms with E-state index in [1.807, 2.05) is 24.3 Å². The standard InChI is InChI=1S/C22H25NO4/c24-17(14-27-21-7-3-5-15-4-1-2-6-19(15)21)13-26-18-9-10-20-16(12-18)8-11-22(25)23-20/h1-2,4,6,9-10,12,17,21,24H,3,5,7-8,11,13-14H2,(H,23,25)/t17-,21+/m1/s1. The number of rotatable bonds is 6. The first-order chi connectivity index (χ1) is 13.2. The Labute approximate surface area is 159 Å². The predicted octanol–water partition coefficient (Wildman–Crippen LogP) is 3.41. The molecule has 2 atom stereocenters. The summed E-state index contributed by atoms with van der Waals surface area (Å²) in [5, 5.41) is 13.1. The van der Waals surface area contributed by atoms with Crippen molar-refractivity contribution >= 4 is 11.6 Å².